The minimum Gasteiger partial charge on any atom is -0.348 e. The van der Waals surface area contributed by atoms with Crippen molar-refractivity contribution in [3.8, 4) is 11.3 Å². The molecule has 0 saturated carbocycles. The van der Waals surface area contributed by atoms with E-state index in [1.54, 1.807) is 24.4 Å². The highest BCUT2D eigenvalue weighted by Gasteiger charge is 2.30. The van der Waals surface area contributed by atoms with Gasteiger partial charge in [-0.05, 0) is 36.8 Å². The van der Waals surface area contributed by atoms with Gasteiger partial charge in [-0.2, -0.15) is 5.10 Å². The maximum absolute atomic E-state index is 13.1. The Balaban J connectivity index is 1.66. The largest absolute Gasteiger partial charge is 0.348 e. The Morgan fingerprint density at radius 1 is 1.23 bits per heavy atom. The maximum Gasteiger partial charge on any atom is 0.257 e. The highest BCUT2D eigenvalue weighted by atomic mass is 32.2. The van der Waals surface area contributed by atoms with Gasteiger partial charge in [0.2, 0.25) is 0 Å². The van der Waals surface area contributed by atoms with Crippen LogP contribution >= 0.6 is 0 Å². The molecule has 3 aromatic rings. The number of hydrogen-bond acceptors (Lipinski definition) is 5. The molecule has 1 amide bonds. The topological polar surface area (TPSA) is 93.4 Å². The van der Waals surface area contributed by atoms with E-state index in [9.17, 15) is 17.6 Å². The molecule has 26 heavy (non-hydrogen) atoms. The van der Waals surface area contributed by atoms with Crippen molar-refractivity contribution in [2.45, 2.75) is 12.5 Å². The molecule has 1 saturated heterocycles. The van der Waals surface area contributed by atoms with Gasteiger partial charge in [0.25, 0.3) is 5.91 Å². The SMILES string of the molecule is O=C(N[C@H]1CCS(=O)(=O)C1)c1cnn2c(-c3ccc(F)cc3)ccnc12. The van der Waals surface area contributed by atoms with Gasteiger partial charge in [0, 0.05) is 17.8 Å². The third-order valence-electron chi connectivity index (χ3n) is 4.35. The van der Waals surface area contributed by atoms with Crippen molar-refractivity contribution >= 4 is 21.4 Å². The third-order valence-corrected chi connectivity index (χ3v) is 6.12. The predicted molar refractivity (Wildman–Crippen MR) is 92.9 cm³/mol. The number of aromatic nitrogens is 3. The van der Waals surface area contributed by atoms with Gasteiger partial charge in [0.1, 0.15) is 11.4 Å². The molecule has 3 heterocycles. The molecule has 0 bridgehead atoms. The number of rotatable bonds is 3. The van der Waals surface area contributed by atoms with E-state index in [0.717, 1.165) is 5.56 Å². The fourth-order valence-corrected chi connectivity index (χ4v) is 4.74. The Bertz CT molecular complexity index is 1090. The summed E-state index contributed by atoms with van der Waals surface area (Å²) in [4.78, 5) is 16.7. The van der Waals surface area contributed by atoms with E-state index in [2.05, 4.69) is 15.4 Å². The summed E-state index contributed by atoms with van der Waals surface area (Å²) in [6, 6.07) is 7.25. The molecule has 1 fully saturated rings. The average Bonchev–Trinajstić information content (AvgIpc) is 3.18. The number of hydrogen-bond donors (Lipinski definition) is 1. The summed E-state index contributed by atoms with van der Waals surface area (Å²) in [5, 5.41) is 6.96. The van der Waals surface area contributed by atoms with Crippen LogP contribution < -0.4 is 5.32 Å². The highest BCUT2D eigenvalue weighted by Crippen LogP contribution is 2.21. The second kappa shape index (κ2) is 6.17. The maximum atomic E-state index is 13.1. The summed E-state index contributed by atoms with van der Waals surface area (Å²) in [6.45, 7) is 0. The van der Waals surface area contributed by atoms with Crippen LogP contribution in [0, 0.1) is 5.82 Å². The number of benzene rings is 1. The van der Waals surface area contributed by atoms with Crippen molar-refractivity contribution in [3.63, 3.8) is 0 Å². The van der Waals surface area contributed by atoms with E-state index in [-0.39, 0.29) is 22.9 Å². The van der Waals surface area contributed by atoms with Gasteiger partial charge in [0.05, 0.1) is 23.4 Å². The monoisotopic (exact) mass is 374 g/mol. The Labute approximate surface area is 148 Å². The van der Waals surface area contributed by atoms with Gasteiger partial charge < -0.3 is 5.32 Å². The van der Waals surface area contributed by atoms with Gasteiger partial charge in [-0.1, -0.05) is 0 Å². The third kappa shape index (κ3) is 3.05. The van der Waals surface area contributed by atoms with Crippen molar-refractivity contribution in [2.24, 2.45) is 0 Å². The predicted octanol–water partition coefficient (Wildman–Crippen LogP) is 1.45. The molecule has 1 aliphatic heterocycles. The summed E-state index contributed by atoms with van der Waals surface area (Å²) < 4.78 is 37.7. The van der Waals surface area contributed by atoms with Crippen LogP contribution in [-0.2, 0) is 9.84 Å². The fourth-order valence-electron chi connectivity index (χ4n) is 3.06. The van der Waals surface area contributed by atoms with Crippen LogP contribution in [0.15, 0.2) is 42.7 Å². The van der Waals surface area contributed by atoms with Crippen LogP contribution in [-0.4, -0.2) is 46.5 Å². The van der Waals surface area contributed by atoms with Crippen LogP contribution in [0.3, 0.4) is 0 Å². The molecule has 0 aliphatic carbocycles. The van der Waals surface area contributed by atoms with Crippen molar-refractivity contribution in [3.05, 3.63) is 54.1 Å². The Hall–Kier alpha value is -2.81. The second-order valence-corrected chi connectivity index (χ2v) is 8.43. The molecular formula is C17H15FN4O3S. The van der Waals surface area contributed by atoms with Crippen LogP contribution in [0.4, 0.5) is 4.39 Å². The van der Waals surface area contributed by atoms with Gasteiger partial charge in [-0.15, -0.1) is 0 Å². The Kier molecular flexibility index (Phi) is 3.95. The van der Waals surface area contributed by atoms with Crippen LogP contribution in [0.1, 0.15) is 16.8 Å². The molecule has 134 valence electrons. The molecular weight excluding hydrogens is 359 g/mol. The molecule has 1 aliphatic rings. The number of sulfone groups is 1. The zero-order valence-corrected chi connectivity index (χ0v) is 14.4. The van der Waals surface area contributed by atoms with E-state index in [0.29, 0.717) is 17.8 Å². The zero-order valence-electron chi connectivity index (χ0n) is 13.6. The normalized spacial score (nSPS) is 18.9. The highest BCUT2D eigenvalue weighted by molar-refractivity contribution is 7.91. The van der Waals surface area contributed by atoms with Crippen molar-refractivity contribution in [2.75, 3.05) is 11.5 Å². The molecule has 9 heteroatoms. The van der Waals surface area contributed by atoms with Gasteiger partial charge in [0.15, 0.2) is 15.5 Å². The summed E-state index contributed by atoms with van der Waals surface area (Å²) in [5.74, 6) is -0.719. The number of carbonyl (C=O) groups is 1. The molecule has 2 aromatic heterocycles. The molecule has 1 aromatic carbocycles. The first-order valence-corrected chi connectivity index (χ1v) is 9.85. The summed E-state index contributed by atoms with van der Waals surface area (Å²) in [5.41, 5.74) is 2.01. The number of amides is 1. The lowest BCUT2D eigenvalue weighted by molar-refractivity contribution is 0.0942. The van der Waals surface area contributed by atoms with Crippen molar-refractivity contribution < 1.29 is 17.6 Å². The first kappa shape index (κ1) is 16.6. The van der Waals surface area contributed by atoms with Crippen LogP contribution in [0.5, 0.6) is 0 Å². The number of carbonyl (C=O) groups excluding carboxylic acids is 1. The van der Waals surface area contributed by atoms with E-state index in [1.807, 2.05) is 0 Å². The number of nitrogens with one attached hydrogen (secondary N) is 1. The minimum atomic E-state index is -3.08. The molecule has 0 radical (unpaired) electrons. The molecule has 0 unspecified atom stereocenters. The second-order valence-electron chi connectivity index (χ2n) is 6.20. The number of fused-ring (bicyclic) bond motifs is 1. The van der Waals surface area contributed by atoms with Gasteiger partial charge >= 0.3 is 0 Å². The van der Waals surface area contributed by atoms with E-state index < -0.39 is 21.8 Å². The molecule has 1 N–H and O–H groups in total. The zero-order chi connectivity index (χ0) is 18.3. The molecule has 4 rings (SSSR count). The van der Waals surface area contributed by atoms with Crippen LogP contribution in [0.25, 0.3) is 16.9 Å². The summed E-state index contributed by atoms with van der Waals surface area (Å²) >= 11 is 0. The molecule has 0 spiro atoms. The fraction of sp³-hybridized carbons (Fsp3) is 0.235. The van der Waals surface area contributed by atoms with E-state index >= 15 is 0 Å². The quantitative estimate of drug-likeness (QED) is 0.749. The van der Waals surface area contributed by atoms with Crippen molar-refractivity contribution in [1.82, 2.24) is 19.9 Å². The lowest BCUT2D eigenvalue weighted by Gasteiger charge is -2.10. The number of halogens is 1. The average molecular weight is 374 g/mol. The first-order valence-electron chi connectivity index (χ1n) is 8.03. The standard InChI is InChI=1S/C17H15FN4O3S/c18-12-3-1-11(2-4-12)15-5-7-19-16-14(9-20-22(15)16)17(23)21-13-6-8-26(24,25)10-13/h1-5,7,9,13H,6,8,10H2,(H,21,23)/t13-/m0/s1. The smallest absolute Gasteiger partial charge is 0.257 e. The Morgan fingerprint density at radius 3 is 2.69 bits per heavy atom. The minimum absolute atomic E-state index is 0.0494. The Morgan fingerprint density at radius 2 is 2.00 bits per heavy atom. The lowest BCUT2D eigenvalue weighted by atomic mass is 10.1. The lowest BCUT2D eigenvalue weighted by Crippen LogP contribution is -2.35. The summed E-state index contributed by atoms with van der Waals surface area (Å²) in [7, 11) is -3.08. The van der Waals surface area contributed by atoms with E-state index in [1.165, 1.54) is 22.8 Å². The van der Waals surface area contributed by atoms with Gasteiger partial charge in [-0.3, -0.25) is 4.79 Å². The molecule has 1 atom stereocenters. The number of nitrogens with zero attached hydrogens (tertiary/aromatic N) is 3. The van der Waals surface area contributed by atoms with Crippen LogP contribution in [0.2, 0.25) is 0 Å². The summed E-state index contributed by atoms with van der Waals surface area (Å²) in [6.07, 6.45) is 3.35. The van der Waals surface area contributed by atoms with E-state index in [4.69, 9.17) is 0 Å². The van der Waals surface area contributed by atoms with Gasteiger partial charge in [-0.25, -0.2) is 22.3 Å². The first-order chi connectivity index (χ1) is 12.4. The van der Waals surface area contributed by atoms with Crippen molar-refractivity contribution in [1.29, 1.82) is 0 Å². The molecule has 7 nitrogen and oxygen atoms in total.